The van der Waals surface area contributed by atoms with E-state index in [1.54, 1.807) is 32.2 Å². The Morgan fingerprint density at radius 3 is 2.68 bits per heavy atom. The molecule has 0 aliphatic carbocycles. The molecule has 2 aromatic carbocycles. The first-order valence-corrected chi connectivity index (χ1v) is 8.17. The van der Waals surface area contributed by atoms with Gasteiger partial charge in [0.1, 0.15) is 0 Å². The van der Waals surface area contributed by atoms with Gasteiger partial charge in [0.2, 0.25) is 0 Å². The van der Waals surface area contributed by atoms with Gasteiger partial charge < -0.3 is 15.4 Å². The zero-order chi connectivity index (χ0) is 18.0. The average molecular weight is 339 g/mol. The van der Waals surface area contributed by atoms with Gasteiger partial charge in [-0.2, -0.15) is 0 Å². The number of aromatic nitrogens is 2. The molecule has 6 heteroatoms. The van der Waals surface area contributed by atoms with Gasteiger partial charge in [-0.3, -0.25) is 9.36 Å². The summed E-state index contributed by atoms with van der Waals surface area (Å²) in [6.07, 6.45) is -0.222. The minimum Gasteiger partial charge on any atom is -0.391 e. The molecule has 3 aromatic rings. The van der Waals surface area contributed by atoms with Crippen molar-refractivity contribution in [3.8, 4) is 0 Å². The van der Waals surface area contributed by atoms with Crippen LogP contribution in [0.3, 0.4) is 0 Å². The van der Waals surface area contributed by atoms with E-state index in [2.05, 4.69) is 10.3 Å². The van der Waals surface area contributed by atoms with Crippen LogP contribution in [-0.4, -0.2) is 32.7 Å². The first-order chi connectivity index (χ1) is 12.0. The van der Waals surface area contributed by atoms with E-state index in [0.29, 0.717) is 23.0 Å². The number of rotatable bonds is 5. The Labute approximate surface area is 145 Å². The van der Waals surface area contributed by atoms with E-state index in [1.165, 1.54) is 4.57 Å². The highest BCUT2D eigenvalue weighted by atomic mass is 16.3. The van der Waals surface area contributed by atoms with Crippen LogP contribution < -0.4 is 11.0 Å². The maximum Gasteiger partial charge on any atom is 0.326 e. The second-order valence-electron chi connectivity index (χ2n) is 6.24. The zero-order valence-electron chi connectivity index (χ0n) is 14.2. The summed E-state index contributed by atoms with van der Waals surface area (Å²) in [5.74, 6) is -0.282. The molecule has 0 unspecified atom stereocenters. The van der Waals surface area contributed by atoms with Gasteiger partial charge in [-0.05, 0) is 30.7 Å². The van der Waals surface area contributed by atoms with Crippen molar-refractivity contribution in [3.63, 3.8) is 0 Å². The first kappa shape index (κ1) is 17.0. The highest BCUT2D eigenvalue weighted by Crippen LogP contribution is 2.13. The molecular weight excluding hydrogens is 318 g/mol. The molecule has 0 saturated carbocycles. The van der Waals surface area contributed by atoms with E-state index in [1.807, 2.05) is 30.3 Å². The molecule has 0 aliphatic heterocycles. The van der Waals surface area contributed by atoms with Gasteiger partial charge >= 0.3 is 5.69 Å². The quantitative estimate of drug-likeness (QED) is 0.660. The van der Waals surface area contributed by atoms with Gasteiger partial charge in [0.15, 0.2) is 0 Å². The number of aryl methyl sites for hydroxylation is 1. The molecule has 1 heterocycles. The molecule has 3 rings (SSSR count). The van der Waals surface area contributed by atoms with Crippen molar-refractivity contribution in [1.29, 1.82) is 0 Å². The van der Waals surface area contributed by atoms with Crippen LogP contribution in [0.15, 0.2) is 53.3 Å². The topological polar surface area (TPSA) is 87.1 Å². The molecule has 0 spiro atoms. The van der Waals surface area contributed by atoms with Gasteiger partial charge in [0, 0.05) is 19.0 Å². The van der Waals surface area contributed by atoms with Crippen LogP contribution in [-0.2, 0) is 13.5 Å². The van der Waals surface area contributed by atoms with E-state index in [4.69, 9.17) is 0 Å². The number of hydrogen-bond donors (Lipinski definition) is 3. The van der Waals surface area contributed by atoms with Crippen LogP contribution in [0.1, 0.15) is 22.8 Å². The van der Waals surface area contributed by atoms with Crippen molar-refractivity contribution >= 4 is 16.9 Å². The summed E-state index contributed by atoms with van der Waals surface area (Å²) in [7, 11) is 1.65. The number of H-pyrrole nitrogens is 1. The second-order valence-corrected chi connectivity index (χ2v) is 6.24. The standard InChI is InChI=1S/C19H21N3O3/c1-12(17(23)10-13-6-4-3-5-7-13)20-18(24)14-8-9-15-16(11-14)22(2)19(25)21-15/h3-9,11-12,17,23H,10H2,1-2H3,(H,20,24)(H,21,25)/t12-,17-/m1/s1. The van der Waals surface area contributed by atoms with Gasteiger partial charge in [-0.15, -0.1) is 0 Å². The molecule has 0 saturated heterocycles. The minimum atomic E-state index is -0.688. The van der Waals surface area contributed by atoms with Crippen molar-refractivity contribution in [2.24, 2.45) is 7.05 Å². The molecule has 1 aromatic heterocycles. The van der Waals surface area contributed by atoms with Crippen LogP contribution in [0.25, 0.3) is 11.0 Å². The lowest BCUT2D eigenvalue weighted by Crippen LogP contribution is -2.42. The maximum absolute atomic E-state index is 12.5. The number of amides is 1. The third kappa shape index (κ3) is 3.64. The number of fused-ring (bicyclic) bond motifs is 1. The molecule has 0 fully saturated rings. The minimum absolute atomic E-state index is 0.223. The van der Waals surface area contributed by atoms with Gasteiger partial charge in [-0.25, -0.2) is 4.79 Å². The Hall–Kier alpha value is -2.86. The summed E-state index contributed by atoms with van der Waals surface area (Å²) in [4.78, 5) is 26.8. The lowest BCUT2D eigenvalue weighted by atomic mass is 10.0. The Morgan fingerprint density at radius 2 is 1.96 bits per heavy atom. The smallest absolute Gasteiger partial charge is 0.326 e. The van der Waals surface area contributed by atoms with Crippen LogP contribution in [0, 0.1) is 0 Å². The van der Waals surface area contributed by atoms with Crippen LogP contribution in [0.4, 0.5) is 0 Å². The largest absolute Gasteiger partial charge is 0.391 e. The predicted octanol–water partition coefficient (Wildman–Crippen LogP) is 1.59. The molecule has 3 N–H and O–H groups in total. The molecule has 130 valence electrons. The summed E-state index contributed by atoms with van der Waals surface area (Å²) in [5, 5.41) is 13.1. The number of hydrogen-bond acceptors (Lipinski definition) is 3. The molecule has 0 bridgehead atoms. The SMILES string of the molecule is C[C@@H](NC(=O)c1ccc2[nH]c(=O)n(C)c2c1)[C@H](O)Cc1ccccc1. The number of nitrogens with one attached hydrogen (secondary N) is 2. The summed E-state index contributed by atoms with van der Waals surface area (Å²) in [6.45, 7) is 1.77. The maximum atomic E-state index is 12.5. The zero-order valence-corrected chi connectivity index (χ0v) is 14.2. The molecule has 0 aliphatic rings. The Balaban J connectivity index is 1.70. The molecule has 25 heavy (non-hydrogen) atoms. The lowest BCUT2D eigenvalue weighted by Gasteiger charge is -2.20. The molecule has 1 amide bonds. The highest BCUT2D eigenvalue weighted by molar-refractivity contribution is 5.97. The number of carbonyl (C=O) groups is 1. The van der Waals surface area contributed by atoms with Crippen LogP contribution >= 0.6 is 0 Å². The molecule has 2 atom stereocenters. The van der Waals surface area contributed by atoms with Gasteiger partial charge in [-0.1, -0.05) is 30.3 Å². The monoisotopic (exact) mass is 339 g/mol. The Kier molecular flexibility index (Phi) is 4.72. The summed E-state index contributed by atoms with van der Waals surface area (Å²) >= 11 is 0. The van der Waals surface area contributed by atoms with Crippen molar-refractivity contribution < 1.29 is 9.90 Å². The van der Waals surface area contributed by atoms with E-state index < -0.39 is 12.1 Å². The van der Waals surface area contributed by atoms with E-state index in [0.717, 1.165) is 5.56 Å². The summed E-state index contributed by atoms with van der Waals surface area (Å²) < 4.78 is 1.46. The summed E-state index contributed by atoms with van der Waals surface area (Å²) in [5.41, 5.74) is 2.58. The van der Waals surface area contributed by atoms with Crippen molar-refractivity contribution in [3.05, 3.63) is 70.1 Å². The average Bonchev–Trinajstić information content (AvgIpc) is 2.89. The normalized spacial score (nSPS) is 13.6. The lowest BCUT2D eigenvalue weighted by molar-refractivity contribution is 0.0852. The first-order valence-electron chi connectivity index (χ1n) is 8.17. The second kappa shape index (κ2) is 6.94. The number of carbonyl (C=O) groups excluding carboxylic acids is 1. The van der Waals surface area contributed by atoms with Crippen molar-refractivity contribution in [2.75, 3.05) is 0 Å². The van der Waals surface area contributed by atoms with E-state index in [-0.39, 0.29) is 11.6 Å². The number of aliphatic hydroxyl groups is 1. The van der Waals surface area contributed by atoms with Crippen molar-refractivity contribution in [2.45, 2.75) is 25.5 Å². The molecule has 6 nitrogen and oxygen atoms in total. The third-order valence-electron chi connectivity index (χ3n) is 4.39. The van der Waals surface area contributed by atoms with E-state index >= 15 is 0 Å². The molecule has 0 radical (unpaired) electrons. The number of nitrogens with zero attached hydrogens (tertiary/aromatic N) is 1. The van der Waals surface area contributed by atoms with Crippen LogP contribution in [0.5, 0.6) is 0 Å². The fourth-order valence-corrected chi connectivity index (χ4v) is 2.78. The third-order valence-corrected chi connectivity index (χ3v) is 4.39. The van der Waals surface area contributed by atoms with Crippen molar-refractivity contribution in [1.82, 2.24) is 14.9 Å². The predicted molar refractivity (Wildman–Crippen MR) is 96.6 cm³/mol. The number of aliphatic hydroxyl groups excluding tert-OH is 1. The number of benzene rings is 2. The van der Waals surface area contributed by atoms with E-state index in [9.17, 15) is 14.7 Å². The number of aromatic amines is 1. The fraction of sp³-hybridized carbons (Fsp3) is 0.263. The highest BCUT2D eigenvalue weighted by Gasteiger charge is 2.18. The van der Waals surface area contributed by atoms with Crippen LogP contribution in [0.2, 0.25) is 0 Å². The fourth-order valence-electron chi connectivity index (χ4n) is 2.78. The van der Waals surface area contributed by atoms with Gasteiger partial charge in [0.25, 0.3) is 5.91 Å². The Bertz CT molecular complexity index is 943. The number of imidazole rings is 1. The molecular formula is C19H21N3O3. The van der Waals surface area contributed by atoms with Gasteiger partial charge in [0.05, 0.1) is 23.2 Å². The Morgan fingerprint density at radius 1 is 1.24 bits per heavy atom. The summed E-state index contributed by atoms with van der Waals surface area (Å²) in [6, 6.07) is 14.3.